The van der Waals surface area contributed by atoms with Crippen LogP contribution in [0.5, 0.6) is 0 Å². The van der Waals surface area contributed by atoms with Gasteiger partial charge in [0.1, 0.15) is 11.6 Å². The number of nitrogens with two attached hydrogens (primary N) is 1. The number of rotatable bonds is 2. The predicted octanol–water partition coefficient (Wildman–Crippen LogP) is 3.74. The Bertz CT molecular complexity index is 646. The summed E-state index contributed by atoms with van der Waals surface area (Å²) in [5.74, 6) is -6.17. The maximum absolute atomic E-state index is 13.7. The van der Waals surface area contributed by atoms with E-state index in [2.05, 4.69) is 0 Å². The van der Waals surface area contributed by atoms with Crippen molar-refractivity contribution in [2.24, 2.45) is 5.73 Å². The first-order valence-electron chi connectivity index (χ1n) is 5.66. The molecule has 0 amide bonds. The average molecular weight is 287 g/mol. The lowest BCUT2D eigenvalue weighted by Gasteiger charge is -2.15. The largest absolute Gasteiger partial charge is 0.320 e. The van der Waals surface area contributed by atoms with E-state index in [0.29, 0.717) is 18.2 Å². The summed E-state index contributed by atoms with van der Waals surface area (Å²) >= 11 is 0. The molecule has 1 nitrogen and oxygen atoms in total. The van der Waals surface area contributed by atoms with Crippen LogP contribution in [-0.2, 0) is 0 Å². The number of halogens is 5. The molecule has 0 aliphatic rings. The molecule has 6 heteroatoms. The first kappa shape index (κ1) is 14.5. The Kier molecular flexibility index (Phi) is 3.76. The van der Waals surface area contributed by atoms with Gasteiger partial charge in [-0.25, -0.2) is 22.0 Å². The van der Waals surface area contributed by atoms with Crippen molar-refractivity contribution in [3.05, 3.63) is 70.0 Å². The summed E-state index contributed by atoms with van der Waals surface area (Å²) in [6.07, 6.45) is 0. The maximum Gasteiger partial charge on any atom is 0.194 e. The summed E-state index contributed by atoms with van der Waals surface area (Å²) in [4.78, 5) is 0. The highest BCUT2D eigenvalue weighted by Gasteiger charge is 2.19. The molecular weight excluding hydrogens is 277 g/mol. The zero-order valence-electron chi connectivity index (χ0n) is 10.4. The molecule has 0 saturated heterocycles. The van der Waals surface area contributed by atoms with Crippen LogP contribution in [0, 0.1) is 36.0 Å². The summed E-state index contributed by atoms with van der Waals surface area (Å²) in [5, 5.41) is 0. The van der Waals surface area contributed by atoms with Crippen LogP contribution in [0.15, 0.2) is 24.3 Å². The molecule has 2 N–H and O–H groups in total. The van der Waals surface area contributed by atoms with E-state index < -0.39 is 35.1 Å². The van der Waals surface area contributed by atoms with Crippen LogP contribution in [0.4, 0.5) is 22.0 Å². The third kappa shape index (κ3) is 2.51. The fourth-order valence-electron chi connectivity index (χ4n) is 1.85. The van der Waals surface area contributed by atoms with Crippen LogP contribution in [-0.4, -0.2) is 0 Å². The van der Waals surface area contributed by atoms with Crippen LogP contribution in [0.2, 0.25) is 0 Å². The third-order valence-corrected chi connectivity index (χ3v) is 2.98. The highest BCUT2D eigenvalue weighted by Crippen LogP contribution is 2.26. The monoisotopic (exact) mass is 287 g/mol. The van der Waals surface area contributed by atoms with Crippen LogP contribution < -0.4 is 5.73 Å². The molecule has 20 heavy (non-hydrogen) atoms. The molecule has 1 atom stereocenters. The Labute approximate surface area is 111 Å². The first-order chi connectivity index (χ1) is 9.31. The van der Waals surface area contributed by atoms with Crippen molar-refractivity contribution in [3.63, 3.8) is 0 Å². The molecule has 0 heterocycles. The van der Waals surface area contributed by atoms with Gasteiger partial charge in [-0.3, -0.25) is 0 Å². The second-order valence-corrected chi connectivity index (χ2v) is 4.40. The number of hydrogen-bond acceptors (Lipinski definition) is 1. The predicted molar refractivity (Wildman–Crippen MR) is 63.4 cm³/mol. The molecule has 2 rings (SSSR count). The van der Waals surface area contributed by atoms with Gasteiger partial charge in [0.25, 0.3) is 0 Å². The number of benzene rings is 2. The summed E-state index contributed by atoms with van der Waals surface area (Å²) in [6, 6.07) is 1.91. The molecule has 1 unspecified atom stereocenters. The number of aryl methyl sites for hydroxylation is 1. The lowest BCUT2D eigenvalue weighted by atomic mass is 9.97. The topological polar surface area (TPSA) is 26.0 Å². The summed E-state index contributed by atoms with van der Waals surface area (Å²) < 4.78 is 66.0. The molecule has 0 saturated carbocycles. The Hall–Kier alpha value is -1.95. The van der Waals surface area contributed by atoms with E-state index in [0.717, 1.165) is 6.07 Å². The molecule has 106 valence electrons. The highest BCUT2D eigenvalue weighted by molar-refractivity contribution is 5.36. The van der Waals surface area contributed by atoms with Gasteiger partial charge in [0.2, 0.25) is 0 Å². The Morgan fingerprint density at radius 1 is 0.800 bits per heavy atom. The minimum atomic E-state index is -1.63. The molecule has 0 aromatic heterocycles. The molecule has 0 spiro atoms. The van der Waals surface area contributed by atoms with E-state index in [9.17, 15) is 22.0 Å². The third-order valence-electron chi connectivity index (χ3n) is 2.98. The summed E-state index contributed by atoms with van der Waals surface area (Å²) in [7, 11) is 0. The zero-order chi connectivity index (χ0) is 15.0. The minimum absolute atomic E-state index is 0.130. The first-order valence-corrected chi connectivity index (χ1v) is 5.66. The molecule has 2 aromatic carbocycles. The van der Waals surface area contributed by atoms with E-state index in [1.165, 1.54) is 6.92 Å². The minimum Gasteiger partial charge on any atom is -0.320 e. The summed E-state index contributed by atoms with van der Waals surface area (Å²) in [5.41, 5.74) is 5.57. The van der Waals surface area contributed by atoms with Gasteiger partial charge in [0, 0.05) is 11.6 Å². The van der Waals surface area contributed by atoms with Crippen LogP contribution >= 0.6 is 0 Å². The smallest absolute Gasteiger partial charge is 0.194 e. The summed E-state index contributed by atoms with van der Waals surface area (Å²) in [6.45, 7) is 1.40. The van der Waals surface area contributed by atoms with Crippen molar-refractivity contribution in [2.75, 3.05) is 0 Å². The Morgan fingerprint density at radius 2 is 1.35 bits per heavy atom. The normalized spacial score (nSPS) is 12.6. The standard InChI is InChI=1S/C14H10F5N/c1-6-2-8(10(16)5-9(6)15)14(20)7-3-11(17)13(19)12(18)4-7/h2-5,14H,20H2,1H3. The van der Waals surface area contributed by atoms with Gasteiger partial charge in [0.05, 0.1) is 6.04 Å². The quantitative estimate of drug-likeness (QED) is 0.661. The lowest BCUT2D eigenvalue weighted by molar-refractivity contribution is 0.444. The van der Waals surface area contributed by atoms with Crippen LogP contribution in [0.3, 0.4) is 0 Å². The van der Waals surface area contributed by atoms with Crippen molar-refractivity contribution in [2.45, 2.75) is 13.0 Å². The second kappa shape index (κ2) is 5.20. The van der Waals surface area contributed by atoms with E-state index in [-0.39, 0.29) is 16.7 Å². The van der Waals surface area contributed by atoms with Gasteiger partial charge in [-0.1, -0.05) is 0 Å². The van der Waals surface area contributed by atoms with Gasteiger partial charge in [-0.15, -0.1) is 0 Å². The fourth-order valence-corrected chi connectivity index (χ4v) is 1.85. The zero-order valence-corrected chi connectivity index (χ0v) is 10.4. The fraction of sp³-hybridized carbons (Fsp3) is 0.143. The van der Waals surface area contributed by atoms with E-state index >= 15 is 0 Å². The van der Waals surface area contributed by atoms with E-state index in [1.807, 2.05) is 0 Å². The molecular formula is C14H10F5N. The highest BCUT2D eigenvalue weighted by atomic mass is 19.2. The van der Waals surface area contributed by atoms with Crippen molar-refractivity contribution in [1.29, 1.82) is 0 Å². The van der Waals surface area contributed by atoms with Crippen molar-refractivity contribution in [1.82, 2.24) is 0 Å². The number of hydrogen-bond donors (Lipinski definition) is 1. The average Bonchev–Trinajstić information content (AvgIpc) is 2.38. The van der Waals surface area contributed by atoms with Crippen LogP contribution in [0.25, 0.3) is 0 Å². The molecule has 0 aliphatic carbocycles. The molecule has 0 fully saturated rings. The molecule has 0 radical (unpaired) electrons. The van der Waals surface area contributed by atoms with Gasteiger partial charge in [-0.2, -0.15) is 0 Å². The van der Waals surface area contributed by atoms with E-state index in [4.69, 9.17) is 5.73 Å². The van der Waals surface area contributed by atoms with Gasteiger partial charge in [-0.05, 0) is 36.2 Å². The molecule has 2 aromatic rings. The van der Waals surface area contributed by atoms with Gasteiger partial charge < -0.3 is 5.73 Å². The lowest BCUT2D eigenvalue weighted by Crippen LogP contribution is -2.15. The van der Waals surface area contributed by atoms with Crippen LogP contribution in [0.1, 0.15) is 22.7 Å². The SMILES string of the molecule is Cc1cc(C(N)c2cc(F)c(F)c(F)c2)c(F)cc1F. The second-order valence-electron chi connectivity index (χ2n) is 4.40. The molecule has 0 bridgehead atoms. The Balaban J connectivity index is 2.51. The van der Waals surface area contributed by atoms with E-state index in [1.54, 1.807) is 0 Å². The Morgan fingerprint density at radius 3 is 1.90 bits per heavy atom. The maximum atomic E-state index is 13.7. The van der Waals surface area contributed by atoms with Crippen molar-refractivity contribution in [3.8, 4) is 0 Å². The van der Waals surface area contributed by atoms with Gasteiger partial charge >= 0.3 is 0 Å². The van der Waals surface area contributed by atoms with Gasteiger partial charge in [0.15, 0.2) is 17.5 Å². The van der Waals surface area contributed by atoms with Crippen molar-refractivity contribution >= 4 is 0 Å². The molecule has 0 aliphatic heterocycles. The van der Waals surface area contributed by atoms with Crippen molar-refractivity contribution < 1.29 is 22.0 Å².